The number of anilines is 1. The molecule has 2 aliphatic rings. The number of aromatic nitrogens is 4. The second-order valence-corrected chi connectivity index (χ2v) is 9.71. The number of alkyl halides is 2. The van der Waals surface area contributed by atoms with Gasteiger partial charge in [0, 0.05) is 18.7 Å². The van der Waals surface area contributed by atoms with Crippen molar-refractivity contribution in [3.8, 4) is 11.3 Å². The smallest absolute Gasteiger partial charge is 0.298 e. The monoisotopic (exact) mass is 470 g/mol. The van der Waals surface area contributed by atoms with Crippen LogP contribution in [0.4, 0.5) is 19.2 Å². The Labute approximate surface area is 194 Å². The number of hydrogen-bond acceptors (Lipinski definition) is 6. The average molecular weight is 470 g/mol. The summed E-state index contributed by atoms with van der Waals surface area (Å²) >= 11 is 0. The Kier molecular flexibility index (Phi) is 4.84. The molecule has 2 fully saturated rings. The van der Waals surface area contributed by atoms with Gasteiger partial charge in [0.15, 0.2) is 17.0 Å². The maximum Gasteiger partial charge on any atom is 0.298 e. The summed E-state index contributed by atoms with van der Waals surface area (Å²) in [5.74, 6) is -0.571. The van der Waals surface area contributed by atoms with Gasteiger partial charge in [-0.15, -0.1) is 0 Å². The third kappa shape index (κ3) is 3.51. The fourth-order valence-electron chi connectivity index (χ4n) is 5.28. The zero-order chi connectivity index (χ0) is 23.6. The molecule has 0 unspecified atom stereocenters. The minimum absolute atomic E-state index is 0.0941. The molecule has 178 valence electrons. The Morgan fingerprint density at radius 3 is 2.59 bits per heavy atom. The number of piperidine rings is 1. The lowest BCUT2D eigenvalue weighted by molar-refractivity contribution is 0.141. The van der Waals surface area contributed by atoms with Gasteiger partial charge < -0.3 is 14.2 Å². The fraction of sp³-hybridized carbons (Fsp3) is 0.458. The van der Waals surface area contributed by atoms with Crippen LogP contribution in [0, 0.1) is 18.2 Å². The van der Waals surface area contributed by atoms with E-state index in [1.165, 1.54) is 16.6 Å². The molecule has 0 bridgehead atoms. The number of halogens is 3. The van der Waals surface area contributed by atoms with Gasteiger partial charge in [-0.1, -0.05) is 0 Å². The first kappa shape index (κ1) is 21.4. The van der Waals surface area contributed by atoms with E-state index in [2.05, 4.69) is 31.9 Å². The molecule has 0 amide bonds. The molecule has 0 N–H and O–H groups in total. The number of imidazole rings is 1. The van der Waals surface area contributed by atoms with Gasteiger partial charge in [-0.3, -0.25) is 0 Å². The number of likely N-dealkylation sites (tertiary alicyclic amines) is 1. The maximum atomic E-state index is 15.1. The molecular formula is C24H25F3N6O. The zero-order valence-corrected chi connectivity index (χ0v) is 19.1. The summed E-state index contributed by atoms with van der Waals surface area (Å²) < 4.78 is 49.7. The van der Waals surface area contributed by atoms with Crippen molar-refractivity contribution < 1.29 is 17.6 Å². The first-order valence-corrected chi connectivity index (χ1v) is 11.5. The highest BCUT2D eigenvalue weighted by Crippen LogP contribution is 2.42. The summed E-state index contributed by atoms with van der Waals surface area (Å²) in [6.07, 6.45) is 2.16. The van der Waals surface area contributed by atoms with Crippen molar-refractivity contribution in [1.82, 2.24) is 24.5 Å². The third-order valence-electron chi connectivity index (χ3n) is 7.30. The van der Waals surface area contributed by atoms with E-state index < -0.39 is 12.2 Å². The van der Waals surface area contributed by atoms with Gasteiger partial charge in [0.25, 0.3) is 12.4 Å². The van der Waals surface area contributed by atoms with Crippen molar-refractivity contribution >= 4 is 22.8 Å². The lowest BCUT2D eigenvalue weighted by Gasteiger charge is -2.37. The van der Waals surface area contributed by atoms with Gasteiger partial charge >= 0.3 is 0 Å². The second kappa shape index (κ2) is 7.69. The van der Waals surface area contributed by atoms with E-state index in [4.69, 9.17) is 4.42 Å². The SMILES string of the molecule is Cc1cn2nc(-c3cc(F)c4nc(N5CCC6(CCN(C)CC6)C5)oc4c3)cc(C(F)F)c2n1. The first-order chi connectivity index (χ1) is 16.3. The summed E-state index contributed by atoms with van der Waals surface area (Å²) in [5.41, 5.74) is 1.63. The van der Waals surface area contributed by atoms with Crippen LogP contribution in [0.2, 0.25) is 0 Å². The minimum Gasteiger partial charge on any atom is -0.423 e. The van der Waals surface area contributed by atoms with Crippen molar-refractivity contribution in [2.75, 3.05) is 38.1 Å². The molecule has 0 aliphatic carbocycles. The Balaban J connectivity index is 1.36. The van der Waals surface area contributed by atoms with Gasteiger partial charge in [0.2, 0.25) is 0 Å². The largest absolute Gasteiger partial charge is 0.423 e. The van der Waals surface area contributed by atoms with E-state index in [1.807, 2.05) is 0 Å². The van der Waals surface area contributed by atoms with Crippen LogP contribution in [0.15, 0.2) is 28.8 Å². The van der Waals surface area contributed by atoms with Gasteiger partial charge in [-0.25, -0.2) is 22.7 Å². The van der Waals surface area contributed by atoms with Crippen molar-refractivity contribution in [2.45, 2.75) is 32.6 Å². The van der Waals surface area contributed by atoms with E-state index in [9.17, 15) is 8.78 Å². The van der Waals surface area contributed by atoms with Crippen LogP contribution in [0.3, 0.4) is 0 Å². The van der Waals surface area contributed by atoms with Crippen molar-refractivity contribution in [3.05, 3.63) is 41.5 Å². The van der Waals surface area contributed by atoms with E-state index in [0.29, 0.717) is 17.3 Å². The average Bonchev–Trinajstić information content (AvgIpc) is 3.51. The first-order valence-electron chi connectivity index (χ1n) is 11.5. The highest BCUT2D eigenvalue weighted by atomic mass is 19.3. The van der Waals surface area contributed by atoms with Crippen LogP contribution in [-0.4, -0.2) is 57.7 Å². The van der Waals surface area contributed by atoms with Crippen LogP contribution in [0.5, 0.6) is 0 Å². The quantitative estimate of drug-likeness (QED) is 0.427. The Morgan fingerprint density at radius 2 is 1.82 bits per heavy atom. The molecule has 1 aromatic carbocycles. The van der Waals surface area contributed by atoms with Gasteiger partial charge in [-0.05, 0) is 69.9 Å². The van der Waals surface area contributed by atoms with Crippen LogP contribution < -0.4 is 4.90 Å². The van der Waals surface area contributed by atoms with E-state index in [0.717, 1.165) is 45.4 Å². The molecule has 0 atom stereocenters. The van der Waals surface area contributed by atoms with Crippen LogP contribution in [0.1, 0.15) is 36.9 Å². The Hall–Kier alpha value is -3.14. The number of hydrogen-bond donors (Lipinski definition) is 0. The second-order valence-electron chi connectivity index (χ2n) is 9.71. The summed E-state index contributed by atoms with van der Waals surface area (Å²) in [5, 5.41) is 4.38. The van der Waals surface area contributed by atoms with E-state index in [1.54, 1.807) is 19.2 Å². The number of oxazole rings is 1. The molecule has 7 nitrogen and oxygen atoms in total. The molecule has 2 saturated heterocycles. The molecule has 5 heterocycles. The molecule has 3 aromatic heterocycles. The number of fused-ring (bicyclic) bond motifs is 2. The van der Waals surface area contributed by atoms with Crippen LogP contribution >= 0.6 is 0 Å². The highest BCUT2D eigenvalue weighted by molar-refractivity contribution is 5.81. The molecule has 4 aromatic rings. The van der Waals surface area contributed by atoms with Crippen LogP contribution in [0.25, 0.3) is 28.0 Å². The summed E-state index contributed by atoms with van der Waals surface area (Å²) in [6, 6.07) is 4.55. The molecular weight excluding hydrogens is 445 g/mol. The van der Waals surface area contributed by atoms with Crippen molar-refractivity contribution in [1.29, 1.82) is 0 Å². The molecule has 6 rings (SSSR count). The molecule has 34 heavy (non-hydrogen) atoms. The van der Waals surface area contributed by atoms with Gasteiger partial charge in [-0.2, -0.15) is 10.1 Å². The lowest BCUT2D eigenvalue weighted by Crippen LogP contribution is -2.39. The lowest BCUT2D eigenvalue weighted by atomic mass is 9.78. The Morgan fingerprint density at radius 1 is 1.06 bits per heavy atom. The number of benzene rings is 1. The van der Waals surface area contributed by atoms with Gasteiger partial charge in [0.05, 0.1) is 23.1 Å². The van der Waals surface area contributed by atoms with Gasteiger partial charge in [0.1, 0.15) is 5.52 Å². The number of rotatable bonds is 3. The van der Waals surface area contributed by atoms with E-state index >= 15 is 4.39 Å². The molecule has 0 saturated carbocycles. The molecule has 10 heteroatoms. The zero-order valence-electron chi connectivity index (χ0n) is 19.1. The highest BCUT2D eigenvalue weighted by Gasteiger charge is 2.41. The number of nitrogens with zero attached hydrogens (tertiary/aromatic N) is 6. The normalized spacial score (nSPS) is 18.8. The fourth-order valence-corrected chi connectivity index (χ4v) is 5.28. The predicted octanol–water partition coefficient (Wildman–Crippen LogP) is 4.84. The predicted molar refractivity (Wildman–Crippen MR) is 122 cm³/mol. The standard InChI is InChI=1S/C24H25F3N6O/c1-14-12-33-22(28-14)16(21(26)27)11-18(30-33)15-9-17(25)20-19(10-15)34-23(29-20)32-8-5-24(13-32)3-6-31(2)7-4-24/h9-12,21H,3-8,13H2,1-2H3. The maximum absolute atomic E-state index is 15.1. The van der Waals surface area contributed by atoms with Crippen LogP contribution in [-0.2, 0) is 0 Å². The summed E-state index contributed by atoms with van der Waals surface area (Å²) in [6.45, 7) is 5.53. The van der Waals surface area contributed by atoms with Crippen molar-refractivity contribution in [3.63, 3.8) is 0 Å². The molecule has 0 radical (unpaired) electrons. The Bertz CT molecular complexity index is 1390. The topological polar surface area (TPSA) is 62.7 Å². The minimum atomic E-state index is -2.74. The van der Waals surface area contributed by atoms with E-state index in [-0.39, 0.29) is 33.4 Å². The van der Waals surface area contributed by atoms with Crippen molar-refractivity contribution in [2.24, 2.45) is 5.41 Å². The molecule has 2 aliphatic heterocycles. The summed E-state index contributed by atoms with van der Waals surface area (Å²) in [7, 11) is 2.14. The number of aryl methyl sites for hydroxylation is 1. The summed E-state index contributed by atoms with van der Waals surface area (Å²) in [4.78, 5) is 13.0. The third-order valence-corrected chi connectivity index (χ3v) is 7.30. The molecule has 1 spiro atoms.